The second-order valence-corrected chi connectivity index (χ2v) is 6.94. The lowest BCUT2D eigenvalue weighted by molar-refractivity contribution is -0.114. The molecule has 2 atom stereocenters. The van der Waals surface area contributed by atoms with Crippen LogP contribution in [0.15, 0.2) is 34.9 Å². The normalized spacial score (nSPS) is 24.0. The minimum Gasteiger partial charge on any atom is -0.393 e. The van der Waals surface area contributed by atoms with Gasteiger partial charge in [0.05, 0.1) is 19.3 Å². The smallest absolute Gasteiger partial charge is 0.162 e. The summed E-state index contributed by atoms with van der Waals surface area (Å²) >= 11 is 0. The van der Waals surface area contributed by atoms with Crippen molar-refractivity contribution in [1.82, 2.24) is 0 Å². The summed E-state index contributed by atoms with van der Waals surface area (Å²) in [4.78, 5) is 12.0. The van der Waals surface area contributed by atoms with Gasteiger partial charge in [-0.25, -0.2) is 0 Å². The first-order valence-corrected chi connectivity index (χ1v) is 8.73. The largest absolute Gasteiger partial charge is 0.393 e. The van der Waals surface area contributed by atoms with Crippen LogP contribution in [0.2, 0.25) is 0 Å². The van der Waals surface area contributed by atoms with Crippen molar-refractivity contribution < 1.29 is 19.7 Å². The summed E-state index contributed by atoms with van der Waals surface area (Å²) in [7, 11) is 0. The van der Waals surface area contributed by atoms with Gasteiger partial charge in [0.1, 0.15) is 5.60 Å². The van der Waals surface area contributed by atoms with E-state index in [0.717, 1.165) is 42.4 Å². The topological polar surface area (TPSA) is 70.1 Å². The molecule has 1 heterocycles. The van der Waals surface area contributed by atoms with Crippen LogP contribution in [0.4, 0.5) is 0 Å². The van der Waals surface area contributed by atoms with Gasteiger partial charge >= 0.3 is 0 Å². The molecule has 1 aliphatic rings. The van der Waals surface area contributed by atoms with Crippen molar-refractivity contribution in [3.05, 3.63) is 34.9 Å². The fourth-order valence-corrected chi connectivity index (χ4v) is 2.73. The minimum atomic E-state index is -0.445. The molecule has 0 bridgehead atoms. The molecule has 24 heavy (non-hydrogen) atoms. The molecule has 0 aromatic rings. The monoisotopic (exact) mass is 336 g/mol. The van der Waals surface area contributed by atoms with E-state index in [1.165, 1.54) is 0 Å². The van der Waals surface area contributed by atoms with E-state index >= 15 is 0 Å². The minimum absolute atomic E-state index is 0.0129. The molecule has 0 spiro atoms. The number of rotatable bonds is 11. The van der Waals surface area contributed by atoms with Crippen molar-refractivity contribution in [2.75, 3.05) is 13.2 Å². The van der Waals surface area contributed by atoms with Crippen molar-refractivity contribution >= 4 is 5.78 Å². The first-order valence-electron chi connectivity index (χ1n) is 8.73. The Hall–Kier alpha value is -1.23. The molecule has 0 radical (unpaired) electrons. The highest BCUT2D eigenvalue weighted by Gasteiger charge is 2.54. The molecule has 2 N–H and O–H groups in total. The van der Waals surface area contributed by atoms with E-state index in [-0.39, 0.29) is 25.1 Å². The zero-order valence-corrected chi connectivity index (χ0v) is 15.5. The van der Waals surface area contributed by atoms with Crippen molar-refractivity contribution in [2.45, 2.75) is 71.5 Å². The van der Waals surface area contributed by atoms with Gasteiger partial charge < -0.3 is 14.9 Å². The van der Waals surface area contributed by atoms with E-state index in [1.54, 1.807) is 6.08 Å². The summed E-state index contributed by atoms with van der Waals surface area (Å²) in [6.45, 7) is 7.88. The molecule has 0 amide bonds. The highest BCUT2D eigenvalue weighted by molar-refractivity contribution is 5.95. The van der Waals surface area contributed by atoms with Crippen LogP contribution in [0.5, 0.6) is 0 Å². The molecule has 0 aromatic heterocycles. The Morgan fingerprint density at radius 3 is 2.42 bits per heavy atom. The zero-order chi connectivity index (χ0) is 18.2. The number of epoxide rings is 1. The van der Waals surface area contributed by atoms with Crippen molar-refractivity contribution in [3.8, 4) is 0 Å². The molecule has 0 aliphatic carbocycles. The number of allylic oxidation sites excluding steroid dienone is 5. The molecule has 1 rings (SSSR count). The number of aliphatic hydroxyl groups excluding tert-OH is 2. The lowest BCUT2D eigenvalue weighted by Crippen LogP contribution is -2.20. The van der Waals surface area contributed by atoms with Crippen LogP contribution in [-0.4, -0.2) is 40.9 Å². The Labute approximate surface area is 145 Å². The standard InChI is InChI=1S/C20H32O4/c1-15(2)7-9-18(23)17(4)6-5-12-20(14-22)19(24-20)10-8-16(3)11-13-21/h6-7,11,19,21-22H,5,8-10,12-14H2,1-4H3/b16-11-,17-6+/t19-,20+/m0/s1. The molecule has 4 heteroatoms. The quantitative estimate of drug-likeness (QED) is 0.344. The number of ketones is 1. The number of Topliss-reactive ketones (excluding diaryl/α,β-unsaturated/α-hetero) is 1. The summed E-state index contributed by atoms with van der Waals surface area (Å²) in [5, 5.41) is 18.5. The Morgan fingerprint density at radius 2 is 1.83 bits per heavy atom. The van der Waals surface area contributed by atoms with Crippen LogP contribution in [0.25, 0.3) is 0 Å². The van der Waals surface area contributed by atoms with Gasteiger partial charge in [-0.05, 0) is 59.0 Å². The van der Waals surface area contributed by atoms with Crippen LogP contribution in [-0.2, 0) is 9.53 Å². The summed E-state index contributed by atoms with van der Waals surface area (Å²) in [6, 6.07) is 0. The fraction of sp³-hybridized carbons (Fsp3) is 0.650. The van der Waals surface area contributed by atoms with E-state index < -0.39 is 5.60 Å². The molecule has 136 valence electrons. The molecule has 1 saturated heterocycles. The fourth-order valence-electron chi connectivity index (χ4n) is 2.73. The Morgan fingerprint density at radius 1 is 1.12 bits per heavy atom. The maximum absolute atomic E-state index is 12.0. The van der Waals surface area contributed by atoms with Gasteiger partial charge in [0.25, 0.3) is 0 Å². The predicted molar refractivity (Wildman–Crippen MR) is 96.8 cm³/mol. The van der Waals surface area contributed by atoms with E-state index in [0.29, 0.717) is 6.42 Å². The highest BCUT2D eigenvalue weighted by atomic mass is 16.6. The van der Waals surface area contributed by atoms with E-state index in [1.807, 2.05) is 39.8 Å². The zero-order valence-electron chi connectivity index (χ0n) is 15.5. The Bertz CT molecular complexity index is 512. The molecule has 1 fully saturated rings. The molecule has 1 aliphatic heterocycles. The van der Waals surface area contributed by atoms with Gasteiger partial charge in [-0.1, -0.05) is 29.4 Å². The second-order valence-electron chi connectivity index (χ2n) is 6.94. The number of hydrogen-bond acceptors (Lipinski definition) is 4. The number of aliphatic hydroxyl groups is 2. The average Bonchev–Trinajstić information content (AvgIpc) is 3.24. The molecule has 0 unspecified atom stereocenters. The number of ether oxygens (including phenoxy) is 1. The van der Waals surface area contributed by atoms with Gasteiger partial charge in [0, 0.05) is 6.42 Å². The first-order chi connectivity index (χ1) is 11.3. The van der Waals surface area contributed by atoms with E-state index in [9.17, 15) is 9.90 Å². The summed E-state index contributed by atoms with van der Waals surface area (Å²) < 4.78 is 5.74. The van der Waals surface area contributed by atoms with Gasteiger partial charge in [-0.2, -0.15) is 0 Å². The van der Waals surface area contributed by atoms with Crippen LogP contribution in [0, 0.1) is 0 Å². The van der Waals surface area contributed by atoms with Crippen LogP contribution in [0.3, 0.4) is 0 Å². The lowest BCUT2D eigenvalue weighted by Gasteiger charge is -2.08. The molecular weight excluding hydrogens is 304 g/mol. The van der Waals surface area contributed by atoms with Crippen molar-refractivity contribution in [3.63, 3.8) is 0 Å². The van der Waals surface area contributed by atoms with E-state index in [4.69, 9.17) is 9.84 Å². The van der Waals surface area contributed by atoms with E-state index in [2.05, 4.69) is 0 Å². The summed E-state index contributed by atoms with van der Waals surface area (Å²) in [6.07, 6.45) is 9.39. The third kappa shape index (κ3) is 6.71. The summed E-state index contributed by atoms with van der Waals surface area (Å²) in [5.41, 5.74) is 2.62. The van der Waals surface area contributed by atoms with Crippen LogP contribution in [0.1, 0.15) is 59.8 Å². The summed E-state index contributed by atoms with van der Waals surface area (Å²) in [5.74, 6) is 0.146. The molecule has 0 aromatic carbocycles. The molecule has 4 nitrogen and oxygen atoms in total. The SMILES string of the molecule is CC(C)=CCC(=O)/C(C)=C/CC[C@]1(CO)O[C@H]1CC/C(C)=C\CO. The molecular formula is C20H32O4. The number of hydrogen-bond donors (Lipinski definition) is 2. The van der Waals surface area contributed by atoms with Crippen LogP contribution < -0.4 is 0 Å². The maximum atomic E-state index is 12.0. The van der Waals surface area contributed by atoms with Gasteiger partial charge in [-0.3, -0.25) is 4.79 Å². The third-order valence-corrected chi connectivity index (χ3v) is 4.57. The number of carbonyl (C=O) groups is 1. The van der Waals surface area contributed by atoms with Crippen molar-refractivity contribution in [1.29, 1.82) is 0 Å². The Kier molecular flexibility index (Phi) is 8.60. The lowest BCUT2D eigenvalue weighted by atomic mass is 9.95. The van der Waals surface area contributed by atoms with Gasteiger partial charge in [0.2, 0.25) is 0 Å². The first kappa shape index (κ1) is 20.8. The molecule has 0 saturated carbocycles. The predicted octanol–water partition coefficient (Wildman–Crippen LogP) is 3.49. The Balaban J connectivity index is 2.42. The highest BCUT2D eigenvalue weighted by Crippen LogP contribution is 2.43. The van der Waals surface area contributed by atoms with Gasteiger partial charge in [-0.15, -0.1) is 0 Å². The average molecular weight is 336 g/mol. The second kappa shape index (κ2) is 9.92. The van der Waals surface area contributed by atoms with Crippen molar-refractivity contribution in [2.24, 2.45) is 0 Å². The maximum Gasteiger partial charge on any atom is 0.162 e. The third-order valence-electron chi connectivity index (χ3n) is 4.57. The van der Waals surface area contributed by atoms with Gasteiger partial charge in [0.15, 0.2) is 5.78 Å². The van der Waals surface area contributed by atoms with Crippen LogP contribution >= 0.6 is 0 Å². The number of carbonyl (C=O) groups excluding carboxylic acids is 1.